The van der Waals surface area contributed by atoms with Crippen molar-refractivity contribution in [2.75, 3.05) is 13.2 Å². The molecular weight excluding hydrogens is 658 g/mol. The maximum Gasteiger partial charge on any atom is 0.220 e. The van der Waals surface area contributed by atoms with Crippen LogP contribution >= 0.6 is 0 Å². The van der Waals surface area contributed by atoms with E-state index >= 15 is 0 Å². The molecule has 1 heterocycles. The molecule has 0 radical (unpaired) electrons. The Morgan fingerprint density at radius 3 is 1.75 bits per heavy atom. The van der Waals surface area contributed by atoms with Crippen molar-refractivity contribution >= 4 is 5.91 Å². The standard InChI is InChI=1S/C43H77NO8/c1-3-5-7-9-10-11-12-13-14-15-16-17-18-19-20-21-22-23-24-25-26-27-28-29-31-33-39(47)44-36(37(46)32-30-8-6-4-2)35-51-43-42(50)41(49)40(48)38(34-45)52-43/h5,7,10-11,13-14,16-17,36-38,40-43,45-46,48-50H,3-4,6,8-9,12,15,18-35H2,1-2H3,(H,44,47)/b7-5-,11-10-,14-13-,17-16-. The summed E-state index contributed by atoms with van der Waals surface area (Å²) in [7, 11) is 0. The number of aliphatic hydroxyl groups excluding tert-OH is 5. The van der Waals surface area contributed by atoms with Crippen molar-refractivity contribution in [3.63, 3.8) is 0 Å². The van der Waals surface area contributed by atoms with Crippen LogP contribution in [0, 0.1) is 0 Å². The largest absolute Gasteiger partial charge is 0.394 e. The zero-order chi connectivity index (χ0) is 38.1. The van der Waals surface area contributed by atoms with Crippen LogP contribution in [0.25, 0.3) is 0 Å². The molecule has 0 aromatic carbocycles. The summed E-state index contributed by atoms with van der Waals surface area (Å²) in [6.07, 6.45) is 34.8. The van der Waals surface area contributed by atoms with E-state index in [2.05, 4.69) is 67.8 Å². The van der Waals surface area contributed by atoms with Crippen molar-refractivity contribution in [2.45, 2.75) is 204 Å². The van der Waals surface area contributed by atoms with E-state index in [0.717, 1.165) is 70.6 Å². The highest BCUT2D eigenvalue weighted by Crippen LogP contribution is 2.23. The highest BCUT2D eigenvalue weighted by atomic mass is 16.7. The van der Waals surface area contributed by atoms with Crippen LogP contribution in [0.1, 0.15) is 162 Å². The third-order valence-corrected chi connectivity index (χ3v) is 9.70. The smallest absolute Gasteiger partial charge is 0.220 e. The van der Waals surface area contributed by atoms with Gasteiger partial charge in [-0.05, 0) is 51.4 Å². The number of aliphatic hydroxyl groups is 5. The van der Waals surface area contributed by atoms with Crippen LogP contribution in [0.5, 0.6) is 0 Å². The highest BCUT2D eigenvalue weighted by Gasteiger charge is 2.44. The fourth-order valence-corrected chi connectivity index (χ4v) is 6.33. The van der Waals surface area contributed by atoms with E-state index in [1.165, 1.54) is 64.2 Å². The lowest BCUT2D eigenvalue weighted by Gasteiger charge is -2.40. The number of carbonyl (C=O) groups excluding carboxylic acids is 1. The second-order valence-corrected chi connectivity index (χ2v) is 14.4. The van der Waals surface area contributed by atoms with E-state index in [-0.39, 0.29) is 12.5 Å². The quantitative estimate of drug-likeness (QED) is 0.0295. The normalized spacial score (nSPS) is 22.3. The molecule has 7 atom stereocenters. The minimum absolute atomic E-state index is 0.143. The molecule has 0 aromatic heterocycles. The molecule has 1 fully saturated rings. The number of hydrogen-bond acceptors (Lipinski definition) is 8. The zero-order valence-corrected chi connectivity index (χ0v) is 32.8. The van der Waals surface area contributed by atoms with Gasteiger partial charge in [-0.1, -0.05) is 152 Å². The number of unbranched alkanes of at least 4 members (excludes halogenated alkanes) is 15. The molecule has 9 heteroatoms. The van der Waals surface area contributed by atoms with E-state index in [0.29, 0.717) is 12.8 Å². The van der Waals surface area contributed by atoms with Gasteiger partial charge in [0.2, 0.25) is 5.91 Å². The first-order valence-electron chi connectivity index (χ1n) is 20.8. The second kappa shape index (κ2) is 33.7. The monoisotopic (exact) mass is 736 g/mol. The van der Waals surface area contributed by atoms with Crippen molar-refractivity contribution in [3.8, 4) is 0 Å². The van der Waals surface area contributed by atoms with Gasteiger partial charge in [0.15, 0.2) is 6.29 Å². The van der Waals surface area contributed by atoms with Gasteiger partial charge in [0.05, 0.1) is 25.4 Å². The number of amides is 1. The Bertz CT molecular complexity index is 951. The minimum Gasteiger partial charge on any atom is -0.394 e. The summed E-state index contributed by atoms with van der Waals surface area (Å²) in [5, 5.41) is 53.6. The van der Waals surface area contributed by atoms with Gasteiger partial charge in [0.25, 0.3) is 0 Å². The number of nitrogens with one attached hydrogen (secondary N) is 1. The first-order valence-corrected chi connectivity index (χ1v) is 20.8. The molecule has 0 aliphatic carbocycles. The van der Waals surface area contributed by atoms with Crippen molar-refractivity contribution in [2.24, 2.45) is 0 Å². The molecule has 302 valence electrons. The lowest BCUT2D eigenvalue weighted by molar-refractivity contribution is -0.302. The summed E-state index contributed by atoms with van der Waals surface area (Å²) in [4.78, 5) is 12.8. The van der Waals surface area contributed by atoms with E-state index in [1.807, 2.05) is 0 Å². The van der Waals surface area contributed by atoms with Gasteiger partial charge in [-0.15, -0.1) is 0 Å². The predicted octanol–water partition coefficient (Wildman–Crippen LogP) is 7.89. The van der Waals surface area contributed by atoms with Gasteiger partial charge in [-0.25, -0.2) is 0 Å². The SMILES string of the molecule is CC/C=C\C/C=C\C/C=C\C/C=C\CCCCCCCCCCCCCCC(=O)NC(COC1OC(CO)C(O)C(O)C1O)C(O)CCCCCC. The van der Waals surface area contributed by atoms with Crippen LogP contribution in [0.3, 0.4) is 0 Å². The van der Waals surface area contributed by atoms with E-state index in [9.17, 15) is 30.3 Å². The van der Waals surface area contributed by atoms with Crippen LogP contribution in [-0.4, -0.2) is 87.5 Å². The van der Waals surface area contributed by atoms with Crippen molar-refractivity contribution in [1.29, 1.82) is 0 Å². The van der Waals surface area contributed by atoms with Gasteiger partial charge in [0.1, 0.15) is 24.4 Å². The minimum atomic E-state index is -1.55. The topological polar surface area (TPSA) is 149 Å². The van der Waals surface area contributed by atoms with Crippen molar-refractivity contribution < 1.29 is 39.8 Å². The summed E-state index contributed by atoms with van der Waals surface area (Å²) in [5.74, 6) is -0.159. The maximum atomic E-state index is 12.8. The van der Waals surface area contributed by atoms with Crippen LogP contribution in [0.2, 0.25) is 0 Å². The third-order valence-electron chi connectivity index (χ3n) is 9.70. The maximum absolute atomic E-state index is 12.8. The first kappa shape index (κ1) is 48.2. The zero-order valence-electron chi connectivity index (χ0n) is 32.8. The van der Waals surface area contributed by atoms with E-state index in [1.54, 1.807) is 0 Å². The van der Waals surface area contributed by atoms with Crippen LogP contribution in [0.15, 0.2) is 48.6 Å². The summed E-state index contributed by atoms with van der Waals surface area (Å²) >= 11 is 0. The van der Waals surface area contributed by atoms with Crippen LogP contribution in [-0.2, 0) is 14.3 Å². The number of hydrogen-bond donors (Lipinski definition) is 6. The average Bonchev–Trinajstić information content (AvgIpc) is 3.14. The molecule has 1 aliphatic heterocycles. The Morgan fingerprint density at radius 2 is 1.19 bits per heavy atom. The molecule has 1 rings (SSSR count). The molecule has 0 aromatic rings. The summed E-state index contributed by atoms with van der Waals surface area (Å²) in [6.45, 7) is 3.58. The molecular formula is C43H77NO8. The summed E-state index contributed by atoms with van der Waals surface area (Å²) < 4.78 is 11.1. The molecule has 1 aliphatic rings. The van der Waals surface area contributed by atoms with Gasteiger partial charge < -0.3 is 40.3 Å². The van der Waals surface area contributed by atoms with Gasteiger partial charge in [-0.2, -0.15) is 0 Å². The molecule has 1 amide bonds. The Morgan fingerprint density at radius 1 is 0.673 bits per heavy atom. The lowest BCUT2D eigenvalue weighted by atomic mass is 9.99. The first-order chi connectivity index (χ1) is 25.3. The average molecular weight is 736 g/mol. The summed E-state index contributed by atoms with van der Waals surface area (Å²) in [6, 6.07) is -0.716. The number of ether oxygens (including phenoxy) is 2. The molecule has 9 nitrogen and oxygen atoms in total. The number of allylic oxidation sites excluding steroid dienone is 8. The molecule has 0 bridgehead atoms. The second-order valence-electron chi connectivity index (χ2n) is 14.4. The van der Waals surface area contributed by atoms with Crippen molar-refractivity contribution in [1.82, 2.24) is 5.32 Å². The Labute approximate surface area is 316 Å². The summed E-state index contributed by atoms with van der Waals surface area (Å²) in [5.41, 5.74) is 0. The Kier molecular flexibility index (Phi) is 31.2. The van der Waals surface area contributed by atoms with Gasteiger partial charge in [-0.3, -0.25) is 4.79 Å². The molecule has 7 unspecified atom stereocenters. The van der Waals surface area contributed by atoms with Crippen LogP contribution < -0.4 is 5.32 Å². The molecule has 6 N–H and O–H groups in total. The van der Waals surface area contributed by atoms with Gasteiger partial charge >= 0.3 is 0 Å². The Balaban J connectivity index is 2.13. The van der Waals surface area contributed by atoms with Gasteiger partial charge in [0, 0.05) is 6.42 Å². The fraction of sp³-hybridized carbons (Fsp3) is 0.791. The molecule has 1 saturated heterocycles. The number of carbonyl (C=O) groups is 1. The third kappa shape index (κ3) is 24.5. The number of rotatable bonds is 33. The lowest BCUT2D eigenvalue weighted by Crippen LogP contribution is -2.60. The fourth-order valence-electron chi connectivity index (χ4n) is 6.33. The van der Waals surface area contributed by atoms with Crippen molar-refractivity contribution in [3.05, 3.63) is 48.6 Å². The van der Waals surface area contributed by atoms with Crippen LogP contribution in [0.4, 0.5) is 0 Å². The van der Waals surface area contributed by atoms with E-state index < -0.39 is 49.5 Å². The molecule has 52 heavy (non-hydrogen) atoms. The van der Waals surface area contributed by atoms with E-state index in [4.69, 9.17) is 9.47 Å². The predicted molar refractivity (Wildman–Crippen MR) is 212 cm³/mol. The molecule has 0 saturated carbocycles. The highest BCUT2D eigenvalue weighted by molar-refractivity contribution is 5.76. The molecule has 0 spiro atoms. The Hall–Kier alpha value is -1.85.